The fourth-order valence-corrected chi connectivity index (χ4v) is 5.99. The van der Waals surface area contributed by atoms with Crippen molar-refractivity contribution in [3.05, 3.63) is 96.3 Å². The molecule has 4 heterocycles. The number of benzene rings is 2. The minimum atomic E-state index is 0.144. The summed E-state index contributed by atoms with van der Waals surface area (Å²) in [7, 11) is 0. The lowest BCUT2D eigenvalue weighted by Crippen LogP contribution is -2.31. The van der Waals surface area contributed by atoms with E-state index < -0.39 is 0 Å². The Morgan fingerprint density at radius 3 is 1.29 bits per heavy atom. The number of hydrogen-bond donors (Lipinski definition) is 0. The molecule has 218 valence electrons. The van der Waals surface area contributed by atoms with Gasteiger partial charge in [0, 0.05) is 36.9 Å². The van der Waals surface area contributed by atoms with E-state index in [2.05, 4.69) is 134 Å². The van der Waals surface area contributed by atoms with Crippen molar-refractivity contribution in [2.24, 2.45) is 0 Å². The molecule has 0 saturated heterocycles. The first-order valence-corrected chi connectivity index (χ1v) is 15.3. The number of aromatic nitrogens is 2. The summed E-state index contributed by atoms with van der Waals surface area (Å²) >= 11 is 0. The van der Waals surface area contributed by atoms with Gasteiger partial charge in [-0.1, -0.05) is 65.8 Å². The Bertz CT molecular complexity index is 1400. The molecule has 0 saturated carbocycles. The van der Waals surface area contributed by atoms with E-state index in [1.807, 2.05) is 12.4 Å². The highest BCUT2D eigenvalue weighted by Gasteiger charge is 2.30. The van der Waals surface area contributed by atoms with Crippen molar-refractivity contribution in [1.29, 1.82) is 0 Å². The molecule has 2 aliphatic heterocycles. The van der Waals surface area contributed by atoms with Gasteiger partial charge in [0.15, 0.2) is 11.6 Å². The molecule has 0 amide bonds. The van der Waals surface area contributed by atoms with E-state index >= 15 is 0 Å². The third-order valence-corrected chi connectivity index (χ3v) is 8.55. The number of nitrogens with zero attached hydrogens (tertiary/aromatic N) is 6. The SMILES string of the molecule is CC(C)(C)c1ccc(N2CN(CCCCN3CN(c4ccc(C(C)(C)C)cc4)c4ncccc43)c3cccnc32)cc1. The maximum absolute atomic E-state index is 4.77. The first kappa shape index (κ1) is 28.1. The molecule has 6 nitrogen and oxygen atoms in total. The molecule has 0 fully saturated rings. The van der Waals surface area contributed by atoms with E-state index in [9.17, 15) is 0 Å². The zero-order valence-electron chi connectivity index (χ0n) is 26.0. The molecule has 2 aromatic carbocycles. The summed E-state index contributed by atoms with van der Waals surface area (Å²) in [4.78, 5) is 19.2. The molecule has 0 spiro atoms. The Hall–Kier alpha value is -4.06. The van der Waals surface area contributed by atoms with E-state index in [0.717, 1.165) is 50.9 Å². The fraction of sp³-hybridized carbons (Fsp3) is 0.389. The number of rotatable bonds is 7. The number of unbranched alkanes of at least 4 members (excludes halogenated alkanes) is 1. The maximum atomic E-state index is 4.77. The molecule has 42 heavy (non-hydrogen) atoms. The van der Waals surface area contributed by atoms with Gasteiger partial charge in [-0.15, -0.1) is 0 Å². The predicted octanol–water partition coefficient (Wildman–Crippen LogP) is 8.38. The number of hydrogen-bond acceptors (Lipinski definition) is 6. The predicted molar refractivity (Wildman–Crippen MR) is 177 cm³/mol. The van der Waals surface area contributed by atoms with E-state index in [-0.39, 0.29) is 10.8 Å². The molecule has 0 unspecified atom stereocenters. The van der Waals surface area contributed by atoms with Crippen LogP contribution in [0.4, 0.5) is 34.4 Å². The summed E-state index contributed by atoms with van der Waals surface area (Å²) in [6.07, 6.45) is 6.02. The highest BCUT2D eigenvalue weighted by Crippen LogP contribution is 2.41. The second-order valence-electron chi connectivity index (χ2n) is 13.7. The summed E-state index contributed by atoms with van der Waals surface area (Å²) in [6, 6.07) is 26.5. The van der Waals surface area contributed by atoms with Gasteiger partial charge in [0.05, 0.1) is 24.7 Å². The summed E-state index contributed by atoms with van der Waals surface area (Å²) < 4.78 is 0. The van der Waals surface area contributed by atoms with Gasteiger partial charge >= 0.3 is 0 Å². The van der Waals surface area contributed by atoms with Gasteiger partial charge in [0.25, 0.3) is 0 Å². The topological polar surface area (TPSA) is 38.7 Å². The Morgan fingerprint density at radius 1 is 0.548 bits per heavy atom. The summed E-state index contributed by atoms with van der Waals surface area (Å²) in [6.45, 7) is 17.2. The Labute approximate surface area is 251 Å². The van der Waals surface area contributed by atoms with Gasteiger partial charge in [0.2, 0.25) is 0 Å². The van der Waals surface area contributed by atoms with E-state index in [1.165, 1.54) is 33.9 Å². The molecular formula is C36H44N6. The van der Waals surface area contributed by atoms with Crippen molar-refractivity contribution in [2.75, 3.05) is 46.0 Å². The second-order valence-corrected chi connectivity index (χ2v) is 13.7. The first-order chi connectivity index (χ1) is 20.1. The zero-order valence-corrected chi connectivity index (χ0v) is 26.0. The fourth-order valence-electron chi connectivity index (χ4n) is 5.99. The van der Waals surface area contributed by atoms with Crippen LogP contribution in [0.3, 0.4) is 0 Å². The highest BCUT2D eigenvalue weighted by atomic mass is 15.4. The zero-order chi connectivity index (χ0) is 29.5. The molecule has 6 heteroatoms. The average Bonchev–Trinajstić information content (AvgIpc) is 3.53. The first-order valence-electron chi connectivity index (χ1n) is 15.3. The van der Waals surface area contributed by atoms with E-state index in [4.69, 9.17) is 9.97 Å². The number of pyridine rings is 2. The molecule has 0 radical (unpaired) electrons. The summed E-state index contributed by atoms with van der Waals surface area (Å²) in [5.41, 5.74) is 7.82. The number of anilines is 6. The van der Waals surface area contributed by atoms with E-state index in [1.54, 1.807) is 0 Å². The minimum Gasteiger partial charge on any atom is -0.350 e. The molecular weight excluding hydrogens is 516 g/mol. The molecule has 2 aromatic heterocycles. The largest absolute Gasteiger partial charge is 0.350 e. The standard InChI is InChI=1S/C36H44N6/c1-35(2,3)27-13-17-29(18-14-27)41-25-39(31-11-9-21-37-33(31)41)23-7-8-24-40-26-42(34-32(40)12-10-22-38-34)30-19-15-28(16-20-30)36(4,5)6/h9-22H,7-8,23-26H2,1-6H3. The Balaban J connectivity index is 1.09. The third-order valence-electron chi connectivity index (χ3n) is 8.55. The quantitative estimate of drug-likeness (QED) is 0.211. The Morgan fingerprint density at radius 2 is 0.929 bits per heavy atom. The monoisotopic (exact) mass is 560 g/mol. The molecule has 2 aliphatic rings. The smallest absolute Gasteiger partial charge is 0.158 e. The van der Waals surface area contributed by atoms with E-state index in [0.29, 0.717) is 0 Å². The summed E-state index contributed by atoms with van der Waals surface area (Å²) in [5.74, 6) is 2.10. The molecule has 0 N–H and O–H groups in total. The van der Waals surface area contributed by atoms with Crippen LogP contribution in [0.2, 0.25) is 0 Å². The number of fused-ring (bicyclic) bond motifs is 2. The second kappa shape index (κ2) is 11.0. The van der Waals surface area contributed by atoms with Gasteiger partial charge in [-0.3, -0.25) is 0 Å². The van der Waals surface area contributed by atoms with Crippen LogP contribution in [0.15, 0.2) is 85.2 Å². The van der Waals surface area contributed by atoms with Crippen LogP contribution >= 0.6 is 0 Å². The summed E-state index contributed by atoms with van der Waals surface area (Å²) in [5, 5.41) is 0. The third kappa shape index (κ3) is 5.55. The van der Waals surface area contributed by atoms with Crippen molar-refractivity contribution >= 4 is 34.4 Å². The molecule has 4 aromatic rings. The maximum Gasteiger partial charge on any atom is 0.158 e. The van der Waals surface area contributed by atoms with Crippen LogP contribution in [0, 0.1) is 0 Å². The molecule has 0 aliphatic carbocycles. The van der Waals surface area contributed by atoms with Crippen LogP contribution < -0.4 is 19.6 Å². The van der Waals surface area contributed by atoms with Crippen LogP contribution in [0.1, 0.15) is 65.5 Å². The van der Waals surface area contributed by atoms with Crippen LogP contribution in [-0.2, 0) is 10.8 Å². The lowest BCUT2D eigenvalue weighted by Gasteiger charge is -2.24. The van der Waals surface area contributed by atoms with Crippen LogP contribution in [0.5, 0.6) is 0 Å². The Kier molecular flexibility index (Phi) is 7.34. The van der Waals surface area contributed by atoms with Crippen molar-refractivity contribution in [3.63, 3.8) is 0 Å². The van der Waals surface area contributed by atoms with Gasteiger partial charge in [0.1, 0.15) is 0 Å². The molecule has 0 atom stereocenters. The highest BCUT2D eigenvalue weighted by molar-refractivity contribution is 5.80. The normalized spacial score (nSPS) is 14.9. The lowest BCUT2D eigenvalue weighted by atomic mass is 9.87. The van der Waals surface area contributed by atoms with Crippen LogP contribution in [0.25, 0.3) is 0 Å². The van der Waals surface area contributed by atoms with Crippen molar-refractivity contribution in [1.82, 2.24) is 9.97 Å². The van der Waals surface area contributed by atoms with Gasteiger partial charge < -0.3 is 19.6 Å². The van der Waals surface area contributed by atoms with Crippen molar-refractivity contribution in [2.45, 2.75) is 65.2 Å². The minimum absolute atomic E-state index is 0.144. The molecule has 6 rings (SSSR count). The molecule has 0 bridgehead atoms. The lowest BCUT2D eigenvalue weighted by molar-refractivity contribution is 0.590. The van der Waals surface area contributed by atoms with Gasteiger partial charge in [-0.2, -0.15) is 0 Å². The average molecular weight is 561 g/mol. The van der Waals surface area contributed by atoms with Crippen LogP contribution in [-0.4, -0.2) is 36.4 Å². The van der Waals surface area contributed by atoms with Crippen molar-refractivity contribution < 1.29 is 0 Å². The van der Waals surface area contributed by atoms with Crippen molar-refractivity contribution in [3.8, 4) is 0 Å². The van der Waals surface area contributed by atoms with Gasteiger partial charge in [-0.05, 0) is 83.3 Å². The van der Waals surface area contributed by atoms with Gasteiger partial charge in [-0.25, -0.2) is 9.97 Å².